The van der Waals surface area contributed by atoms with Crippen LogP contribution in [0.15, 0.2) is 55.1 Å². The Kier molecular flexibility index (Phi) is 4.79. The summed E-state index contributed by atoms with van der Waals surface area (Å²) in [5, 5.41) is 3.08. The Hall–Kier alpha value is -2.93. The standard InChI is InChI=1S/C19H19FN6/c20-15-5-3-14(4-6-15)13-26-11-1-2-17(26)16-7-8-23-19(24-16)25-18-12-21-9-10-22-18/h3-10,12,17H,1-2,11,13H2,(H,22,23,24,25)/t17-/m0/s1. The van der Waals surface area contributed by atoms with E-state index in [1.54, 1.807) is 24.8 Å². The molecule has 1 saturated heterocycles. The lowest BCUT2D eigenvalue weighted by atomic mass is 10.1. The predicted octanol–water partition coefficient (Wildman–Crippen LogP) is 3.49. The van der Waals surface area contributed by atoms with Gasteiger partial charge in [0.25, 0.3) is 0 Å². The summed E-state index contributed by atoms with van der Waals surface area (Å²) in [6, 6.07) is 8.88. The molecule has 1 aliphatic heterocycles. The maximum Gasteiger partial charge on any atom is 0.228 e. The van der Waals surface area contributed by atoms with Gasteiger partial charge in [-0.1, -0.05) is 12.1 Å². The third kappa shape index (κ3) is 3.83. The van der Waals surface area contributed by atoms with Crippen LogP contribution in [0.4, 0.5) is 16.2 Å². The average Bonchev–Trinajstić information content (AvgIpc) is 3.13. The van der Waals surface area contributed by atoms with Crippen LogP contribution in [0.1, 0.15) is 30.1 Å². The molecular weight excluding hydrogens is 331 g/mol. The minimum atomic E-state index is -0.206. The number of halogens is 1. The van der Waals surface area contributed by atoms with E-state index in [4.69, 9.17) is 0 Å². The summed E-state index contributed by atoms with van der Waals surface area (Å²) in [6.45, 7) is 1.78. The Bertz CT molecular complexity index is 855. The van der Waals surface area contributed by atoms with Crippen LogP contribution in [-0.4, -0.2) is 31.4 Å². The molecule has 0 spiro atoms. The van der Waals surface area contributed by atoms with Crippen molar-refractivity contribution in [1.82, 2.24) is 24.8 Å². The third-order valence-corrected chi connectivity index (χ3v) is 4.48. The van der Waals surface area contributed by atoms with Gasteiger partial charge in [-0.05, 0) is 43.1 Å². The van der Waals surface area contributed by atoms with E-state index in [0.717, 1.165) is 37.2 Å². The van der Waals surface area contributed by atoms with Crippen molar-refractivity contribution >= 4 is 11.8 Å². The number of rotatable bonds is 5. The summed E-state index contributed by atoms with van der Waals surface area (Å²) in [5.41, 5.74) is 2.08. The number of anilines is 2. The Morgan fingerprint density at radius 1 is 1.08 bits per heavy atom. The fraction of sp³-hybridized carbons (Fsp3) is 0.263. The Morgan fingerprint density at radius 2 is 1.96 bits per heavy atom. The highest BCUT2D eigenvalue weighted by atomic mass is 19.1. The van der Waals surface area contributed by atoms with Gasteiger partial charge in [-0.25, -0.2) is 19.3 Å². The number of hydrogen-bond acceptors (Lipinski definition) is 6. The fourth-order valence-corrected chi connectivity index (χ4v) is 3.27. The summed E-state index contributed by atoms with van der Waals surface area (Å²) in [4.78, 5) is 19.5. The van der Waals surface area contributed by atoms with Crippen LogP contribution in [0.5, 0.6) is 0 Å². The summed E-state index contributed by atoms with van der Waals surface area (Å²) >= 11 is 0. The molecule has 0 saturated carbocycles. The lowest BCUT2D eigenvalue weighted by Gasteiger charge is -2.24. The molecule has 1 atom stereocenters. The average molecular weight is 350 g/mol. The molecule has 0 bridgehead atoms. The molecule has 1 fully saturated rings. The highest BCUT2D eigenvalue weighted by Gasteiger charge is 2.27. The molecule has 2 aromatic heterocycles. The molecule has 132 valence electrons. The van der Waals surface area contributed by atoms with Crippen molar-refractivity contribution in [1.29, 1.82) is 0 Å². The zero-order chi connectivity index (χ0) is 17.8. The zero-order valence-corrected chi connectivity index (χ0v) is 14.2. The van der Waals surface area contributed by atoms with Gasteiger partial charge in [0.05, 0.1) is 17.9 Å². The molecule has 7 heteroatoms. The van der Waals surface area contributed by atoms with E-state index in [1.807, 2.05) is 18.2 Å². The van der Waals surface area contributed by atoms with E-state index in [-0.39, 0.29) is 11.9 Å². The van der Waals surface area contributed by atoms with Crippen molar-refractivity contribution in [2.24, 2.45) is 0 Å². The number of nitrogens with zero attached hydrogens (tertiary/aromatic N) is 5. The fourth-order valence-electron chi connectivity index (χ4n) is 3.27. The predicted molar refractivity (Wildman–Crippen MR) is 96.1 cm³/mol. The quantitative estimate of drug-likeness (QED) is 0.760. The van der Waals surface area contributed by atoms with E-state index in [1.165, 1.54) is 12.1 Å². The van der Waals surface area contributed by atoms with E-state index in [0.29, 0.717) is 11.8 Å². The van der Waals surface area contributed by atoms with Crippen molar-refractivity contribution in [2.45, 2.75) is 25.4 Å². The van der Waals surface area contributed by atoms with Gasteiger partial charge in [0, 0.05) is 25.1 Å². The summed E-state index contributed by atoms with van der Waals surface area (Å²) in [7, 11) is 0. The van der Waals surface area contributed by atoms with Gasteiger partial charge in [-0.15, -0.1) is 0 Å². The molecule has 3 heterocycles. The second-order valence-corrected chi connectivity index (χ2v) is 6.28. The number of nitrogens with one attached hydrogen (secondary N) is 1. The largest absolute Gasteiger partial charge is 0.307 e. The molecule has 1 N–H and O–H groups in total. The van der Waals surface area contributed by atoms with Crippen LogP contribution in [0.3, 0.4) is 0 Å². The van der Waals surface area contributed by atoms with E-state index in [9.17, 15) is 4.39 Å². The normalized spacial score (nSPS) is 17.3. The molecule has 1 aliphatic rings. The van der Waals surface area contributed by atoms with Crippen LogP contribution >= 0.6 is 0 Å². The van der Waals surface area contributed by atoms with Crippen molar-refractivity contribution < 1.29 is 4.39 Å². The molecule has 1 aromatic carbocycles. The number of benzene rings is 1. The SMILES string of the molecule is Fc1ccc(CN2CCC[C@H]2c2ccnc(Nc3cnccn3)n2)cc1. The van der Waals surface area contributed by atoms with Crippen molar-refractivity contribution in [3.8, 4) is 0 Å². The Balaban J connectivity index is 1.50. The molecule has 6 nitrogen and oxygen atoms in total. The third-order valence-electron chi connectivity index (χ3n) is 4.48. The highest BCUT2D eigenvalue weighted by molar-refractivity contribution is 5.45. The van der Waals surface area contributed by atoms with Crippen molar-refractivity contribution in [3.05, 3.63) is 72.2 Å². The summed E-state index contributed by atoms with van der Waals surface area (Å²) in [6.07, 6.45) is 8.79. The minimum absolute atomic E-state index is 0.206. The monoisotopic (exact) mass is 350 g/mol. The lowest BCUT2D eigenvalue weighted by Crippen LogP contribution is -2.23. The number of aromatic nitrogens is 4. The van der Waals surface area contributed by atoms with Crippen molar-refractivity contribution in [2.75, 3.05) is 11.9 Å². The van der Waals surface area contributed by atoms with Crippen LogP contribution in [0.25, 0.3) is 0 Å². The van der Waals surface area contributed by atoms with Gasteiger partial charge in [0.15, 0.2) is 5.82 Å². The first-order chi connectivity index (χ1) is 12.8. The van der Waals surface area contributed by atoms with Crippen molar-refractivity contribution in [3.63, 3.8) is 0 Å². The Labute approximate surface area is 151 Å². The van der Waals surface area contributed by atoms with Crippen LogP contribution in [0.2, 0.25) is 0 Å². The molecule has 0 unspecified atom stereocenters. The maximum atomic E-state index is 13.1. The van der Waals surface area contributed by atoms with E-state index >= 15 is 0 Å². The van der Waals surface area contributed by atoms with Crippen LogP contribution in [0, 0.1) is 5.82 Å². The van der Waals surface area contributed by atoms with Crippen LogP contribution < -0.4 is 5.32 Å². The molecule has 0 amide bonds. The summed E-state index contributed by atoms with van der Waals surface area (Å²) in [5.74, 6) is 0.915. The summed E-state index contributed by atoms with van der Waals surface area (Å²) < 4.78 is 13.1. The zero-order valence-electron chi connectivity index (χ0n) is 14.2. The minimum Gasteiger partial charge on any atom is -0.307 e. The lowest BCUT2D eigenvalue weighted by molar-refractivity contribution is 0.244. The molecule has 3 aromatic rings. The molecular formula is C19H19FN6. The van der Waals surface area contributed by atoms with E-state index in [2.05, 4.69) is 30.2 Å². The smallest absolute Gasteiger partial charge is 0.228 e. The molecule has 0 radical (unpaired) electrons. The first-order valence-corrected chi connectivity index (χ1v) is 8.62. The van der Waals surface area contributed by atoms with Gasteiger partial charge >= 0.3 is 0 Å². The van der Waals surface area contributed by atoms with Gasteiger partial charge in [0.2, 0.25) is 5.95 Å². The Morgan fingerprint density at radius 3 is 2.77 bits per heavy atom. The van der Waals surface area contributed by atoms with Crippen LogP contribution in [-0.2, 0) is 6.54 Å². The maximum absolute atomic E-state index is 13.1. The topological polar surface area (TPSA) is 66.8 Å². The second kappa shape index (κ2) is 7.53. The molecule has 26 heavy (non-hydrogen) atoms. The first-order valence-electron chi connectivity index (χ1n) is 8.62. The number of hydrogen-bond donors (Lipinski definition) is 1. The van der Waals surface area contributed by atoms with Gasteiger partial charge in [-0.3, -0.25) is 9.88 Å². The van der Waals surface area contributed by atoms with Gasteiger partial charge in [-0.2, -0.15) is 0 Å². The first kappa shape index (κ1) is 16.5. The second-order valence-electron chi connectivity index (χ2n) is 6.28. The van der Waals surface area contributed by atoms with Gasteiger partial charge < -0.3 is 5.32 Å². The number of likely N-dealkylation sites (tertiary alicyclic amines) is 1. The van der Waals surface area contributed by atoms with E-state index < -0.39 is 0 Å². The molecule has 4 rings (SSSR count). The molecule has 0 aliphatic carbocycles. The highest BCUT2D eigenvalue weighted by Crippen LogP contribution is 2.32. The van der Waals surface area contributed by atoms with Gasteiger partial charge in [0.1, 0.15) is 5.82 Å².